The second-order valence-electron chi connectivity index (χ2n) is 6.17. The summed E-state index contributed by atoms with van der Waals surface area (Å²) >= 11 is 1.19. The Labute approximate surface area is 186 Å². The molecule has 0 unspecified atom stereocenters. The lowest BCUT2D eigenvalue weighted by atomic mass is 10.3. The largest absolute Gasteiger partial charge is 0.446 e. The van der Waals surface area contributed by atoms with Crippen molar-refractivity contribution in [3.05, 3.63) is 48.6 Å². The molecule has 0 amide bonds. The third kappa shape index (κ3) is 6.19. The molecule has 5 nitrogen and oxygen atoms in total. The Kier molecular flexibility index (Phi) is 7.08. The number of fused-ring (bicyclic) bond motifs is 1. The summed E-state index contributed by atoms with van der Waals surface area (Å²) in [5, 5.41) is 0. The quantitative estimate of drug-likeness (QED) is 0.252. The van der Waals surface area contributed by atoms with Crippen LogP contribution in [0.3, 0.4) is 0 Å². The van der Waals surface area contributed by atoms with Crippen LogP contribution in [-0.2, 0) is 0 Å². The van der Waals surface area contributed by atoms with Gasteiger partial charge in [-0.3, -0.25) is 9.98 Å². The van der Waals surface area contributed by atoms with Crippen molar-refractivity contribution in [3.8, 4) is 11.4 Å². The molecule has 32 heavy (non-hydrogen) atoms. The summed E-state index contributed by atoms with van der Waals surface area (Å²) in [5.41, 5.74) is 0.787. The summed E-state index contributed by atoms with van der Waals surface area (Å²) in [5.74, 6) is 0.669. The molecule has 0 fully saturated rings. The Morgan fingerprint density at radius 3 is 2.62 bits per heavy atom. The van der Waals surface area contributed by atoms with Crippen LogP contribution in [0, 0.1) is 0 Å². The lowest BCUT2D eigenvalue weighted by Gasteiger charge is -2.06. The van der Waals surface area contributed by atoms with Gasteiger partial charge >= 0.3 is 11.7 Å². The van der Waals surface area contributed by atoms with Gasteiger partial charge in [0.05, 0.1) is 11.9 Å². The van der Waals surface area contributed by atoms with Crippen molar-refractivity contribution >= 4 is 41.1 Å². The first-order valence-electron chi connectivity index (χ1n) is 8.91. The zero-order valence-corrected chi connectivity index (χ0v) is 17.9. The van der Waals surface area contributed by atoms with Gasteiger partial charge in [-0.05, 0) is 41.8 Å². The molecule has 0 saturated carbocycles. The van der Waals surface area contributed by atoms with Crippen molar-refractivity contribution < 1.29 is 26.3 Å². The first-order valence-corrected chi connectivity index (χ1v) is 10.7. The van der Waals surface area contributed by atoms with Gasteiger partial charge in [-0.25, -0.2) is 4.98 Å². The Hall–Kier alpha value is -2.67. The highest BCUT2D eigenvalue weighted by Crippen LogP contribution is 2.37. The molecule has 0 aliphatic rings. The number of rotatable bonds is 6. The first-order chi connectivity index (χ1) is 15.0. The van der Waals surface area contributed by atoms with Crippen LogP contribution in [0.1, 0.15) is 6.92 Å². The third-order valence-corrected chi connectivity index (χ3v) is 5.48. The van der Waals surface area contributed by atoms with Crippen molar-refractivity contribution in [1.82, 2.24) is 14.4 Å². The summed E-state index contributed by atoms with van der Waals surface area (Å²) in [4.78, 5) is 13.3. The van der Waals surface area contributed by atoms with Gasteiger partial charge in [-0.2, -0.15) is 26.3 Å². The first kappa shape index (κ1) is 24.0. The molecule has 0 aliphatic carbocycles. The number of thioether (sulfide) groups is 2. The average molecular weight is 491 g/mol. The molecule has 3 aromatic rings. The molecule has 3 rings (SSSR count). The maximum Gasteiger partial charge on any atom is 0.446 e. The molecule has 0 atom stereocenters. The number of alkyl halides is 6. The Morgan fingerprint density at radius 1 is 1.22 bits per heavy atom. The molecular weight excluding hydrogens is 476 g/mol. The Bertz CT molecular complexity index is 1170. The van der Waals surface area contributed by atoms with E-state index in [1.165, 1.54) is 36.3 Å². The van der Waals surface area contributed by atoms with Crippen LogP contribution in [0.25, 0.3) is 17.0 Å². The minimum Gasteiger partial charge on any atom is -0.395 e. The number of pyridine rings is 2. The number of nitrogens with zero attached hydrogens (tertiary/aromatic N) is 4. The van der Waals surface area contributed by atoms with E-state index in [1.54, 1.807) is 16.7 Å². The van der Waals surface area contributed by atoms with Crippen molar-refractivity contribution in [1.29, 1.82) is 0 Å². The number of aliphatic imine (C=N–C) groups is 1. The number of hydrogen-bond acceptors (Lipinski definition) is 6. The van der Waals surface area contributed by atoms with E-state index >= 15 is 0 Å². The second kappa shape index (κ2) is 9.45. The minimum absolute atomic E-state index is 0.00846. The van der Waals surface area contributed by atoms with Crippen LogP contribution in [0.5, 0.6) is 0 Å². The van der Waals surface area contributed by atoms with Crippen LogP contribution in [0.4, 0.5) is 32.0 Å². The molecule has 0 radical (unpaired) electrons. The van der Waals surface area contributed by atoms with Gasteiger partial charge in [0.1, 0.15) is 22.7 Å². The molecule has 0 saturated heterocycles. The van der Waals surface area contributed by atoms with Gasteiger partial charge in [-0.1, -0.05) is 6.92 Å². The van der Waals surface area contributed by atoms with Crippen molar-refractivity contribution in [2.45, 2.75) is 28.4 Å². The SMILES string of the molecule is CCSc1cc(N=CC=C(N)C(F)(F)F)cnc1-c1cn2ccc(SC(F)(F)F)cc2n1. The van der Waals surface area contributed by atoms with Gasteiger partial charge < -0.3 is 10.1 Å². The van der Waals surface area contributed by atoms with Crippen molar-refractivity contribution in [3.63, 3.8) is 0 Å². The molecule has 0 spiro atoms. The molecule has 13 heteroatoms. The number of halogens is 6. The molecule has 170 valence electrons. The Balaban J connectivity index is 1.92. The average Bonchev–Trinajstić information content (AvgIpc) is 3.09. The fraction of sp³-hybridized carbons (Fsp3) is 0.211. The summed E-state index contributed by atoms with van der Waals surface area (Å²) in [6.07, 6.45) is 1.42. The zero-order valence-electron chi connectivity index (χ0n) is 16.3. The molecular formula is C19H15F6N5S2. The third-order valence-electron chi connectivity index (χ3n) is 3.85. The fourth-order valence-corrected chi connectivity index (χ4v) is 3.90. The molecule has 0 bridgehead atoms. The van der Waals surface area contributed by atoms with Crippen LogP contribution >= 0.6 is 23.5 Å². The van der Waals surface area contributed by atoms with E-state index in [0.29, 0.717) is 39.4 Å². The topological polar surface area (TPSA) is 68.6 Å². The normalized spacial score (nSPS) is 13.4. The predicted octanol–water partition coefficient (Wildman–Crippen LogP) is 6.23. The van der Waals surface area contributed by atoms with Gasteiger partial charge in [-0.15, -0.1) is 11.8 Å². The van der Waals surface area contributed by atoms with Crippen LogP contribution in [0.2, 0.25) is 0 Å². The van der Waals surface area contributed by atoms with E-state index in [-0.39, 0.29) is 16.7 Å². The van der Waals surface area contributed by atoms with Crippen molar-refractivity contribution in [2.24, 2.45) is 10.7 Å². The zero-order chi connectivity index (χ0) is 23.5. The summed E-state index contributed by atoms with van der Waals surface area (Å²) in [6, 6.07) is 4.30. The maximum atomic E-state index is 12.6. The maximum absolute atomic E-state index is 12.6. The standard InChI is InChI=1S/C19H15F6N5S2/c1-2-31-14-7-11(27-5-3-15(26)18(20,21)22)9-28-17(14)13-10-30-6-4-12(8-16(30)29-13)32-19(23,24)25/h3-10H,2,26H2,1H3. The number of imidazole rings is 1. The van der Waals surface area contributed by atoms with E-state index in [2.05, 4.69) is 15.0 Å². The summed E-state index contributed by atoms with van der Waals surface area (Å²) < 4.78 is 76.8. The lowest BCUT2D eigenvalue weighted by Crippen LogP contribution is -2.19. The molecule has 3 aromatic heterocycles. The molecule has 2 N–H and O–H groups in total. The van der Waals surface area contributed by atoms with E-state index < -0.39 is 17.4 Å². The lowest BCUT2D eigenvalue weighted by molar-refractivity contribution is -0.0925. The van der Waals surface area contributed by atoms with Crippen LogP contribution in [0.15, 0.2) is 63.3 Å². The number of hydrogen-bond donors (Lipinski definition) is 1. The second-order valence-corrected chi connectivity index (χ2v) is 8.62. The monoisotopic (exact) mass is 491 g/mol. The Morgan fingerprint density at radius 2 is 1.97 bits per heavy atom. The molecule has 0 aromatic carbocycles. The number of allylic oxidation sites excluding steroid dienone is 2. The van der Waals surface area contributed by atoms with Crippen molar-refractivity contribution in [2.75, 3.05) is 5.75 Å². The fourth-order valence-electron chi connectivity index (χ4n) is 2.54. The highest BCUT2D eigenvalue weighted by molar-refractivity contribution is 8.00. The predicted molar refractivity (Wildman–Crippen MR) is 113 cm³/mol. The molecule has 3 heterocycles. The molecule has 0 aliphatic heterocycles. The minimum atomic E-state index is -4.64. The summed E-state index contributed by atoms with van der Waals surface area (Å²) in [7, 11) is 0. The van der Waals surface area contributed by atoms with Crippen LogP contribution in [-0.4, -0.2) is 38.0 Å². The van der Waals surface area contributed by atoms with Crippen LogP contribution < -0.4 is 5.73 Å². The van der Waals surface area contributed by atoms with E-state index in [1.807, 2.05) is 6.92 Å². The van der Waals surface area contributed by atoms with Gasteiger partial charge in [0.25, 0.3) is 0 Å². The van der Waals surface area contributed by atoms with Gasteiger partial charge in [0, 0.05) is 28.4 Å². The number of nitrogens with two attached hydrogens (primary N) is 1. The van der Waals surface area contributed by atoms with Gasteiger partial charge in [0.15, 0.2) is 0 Å². The highest BCUT2D eigenvalue weighted by Gasteiger charge is 2.31. The summed E-state index contributed by atoms with van der Waals surface area (Å²) in [6.45, 7) is 1.90. The van der Waals surface area contributed by atoms with E-state index in [9.17, 15) is 26.3 Å². The van der Waals surface area contributed by atoms with E-state index in [0.717, 1.165) is 6.21 Å². The van der Waals surface area contributed by atoms with E-state index in [4.69, 9.17) is 5.73 Å². The number of aromatic nitrogens is 3. The highest BCUT2D eigenvalue weighted by atomic mass is 32.2. The smallest absolute Gasteiger partial charge is 0.395 e. The van der Waals surface area contributed by atoms with Gasteiger partial charge in [0.2, 0.25) is 0 Å².